The van der Waals surface area contributed by atoms with Crippen molar-refractivity contribution in [3.63, 3.8) is 0 Å². The van der Waals surface area contributed by atoms with E-state index in [4.69, 9.17) is 0 Å². The highest BCUT2D eigenvalue weighted by atomic mass is 32.1. The van der Waals surface area contributed by atoms with Crippen molar-refractivity contribution in [2.75, 3.05) is 5.32 Å². The topological polar surface area (TPSA) is 90.3 Å². The number of hydrogen-bond donors (Lipinski definition) is 1. The summed E-state index contributed by atoms with van der Waals surface area (Å²) in [6.45, 7) is 1.36. The summed E-state index contributed by atoms with van der Waals surface area (Å²) in [6.07, 6.45) is 0. The van der Waals surface area contributed by atoms with E-state index in [0.717, 1.165) is 4.90 Å². The number of nitrogens with one attached hydrogen (secondary N) is 1. The number of benzene rings is 1. The molecule has 1 aromatic heterocycles. The predicted molar refractivity (Wildman–Crippen MR) is 84.0 cm³/mol. The molecule has 0 spiro atoms. The summed E-state index contributed by atoms with van der Waals surface area (Å²) >= 11 is 1.20. The summed E-state index contributed by atoms with van der Waals surface area (Å²) in [5.74, 6) is -1.03. The molecule has 2 aromatic rings. The van der Waals surface area contributed by atoms with Crippen LogP contribution in [0.4, 0.5) is 5.00 Å². The van der Waals surface area contributed by atoms with Crippen molar-refractivity contribution in [1.29, 1.82) is 5.26 Å². The third-order valence-electron chi connectivity index (χ3n) is 3.48. The van der Waals surface area contributed by atoms with Gasteiger partial charge in [-0.15, -0.1) is 11.3 Å². The van der Waals surface area contributed by atoms with Crippen LogP contribution in [0.5, 0.6) is 0 Å². The Morgan fingerprint density at radius 2 is 1.87 bits per heavy atom. The van der Waals surface area contributed by atoms with Crippen LogP contribution in [0.2, 0.25) is 0 Å². The van der Waals surface area contributed by atoms with Crippen LogP contribution in [0.1, 0.15) is 38.8 Å². The second-order valence-corrected chi connectivity index (χ2v) is 5.88. The van der Waals surface area contributed by atoms with Gasteiger partial charge in [-0.2, -0.15) is 5.26 Å². The highest BCUT2D eigenvalue weighted by Crippen LogP contribution is 2.31. The number of anilines is 1. The Kier molecular flexibility index (Phi) is 3.68. The quantitative estimate of drug-likeness (QED) is 0.877. The van der Waals surface area contributed by atoms with E-state index in [1.165, 1.54) is 18.3 Å². The van der Waals surface area contributed by atoms with E-state index < -0.39 is 0 Å². The molecular weight excluding hydrogens is 314 g/mol. The molecule has 1 aliphatic heterocycles. The number of rotatable bonds is 3. The van der Waals surface area contributed by atoms with Crippen LogP contribution >= 0.6 is 11.3 Å². The number of nitrogens with zero attached hydrogens (tertiary/aromatic N) is 2. The van der Waals surface area contributed by atoms with E-state index >= 15 is 0 Å². The summed E-state index contributed by atoms with van der Waals surface area (Å²) in [7, 11) is 0. The van der Waals surface area contributed by atoms with E-state index in [9.17, 15) is 19.6 Å². The molecule has 3 rings (SSSR count). The first kappa shape index (κ1) is 14.9. The van der Waals surface area contributed by atoms with Crippen molar-refractivity contribution in [2.24, 2.45) is 0 Å². The minimum Gasteiger partial charge on any atom is -0.317 e. The molecule has 7 heteroatoms. The van der Waals surface area contributed by atoms with Gasteiger partial charge in [-0.1, -0.05) is 12.1 Å². The van der Waals surface area contributed by atoms with Gasteiger partial charge in [0.15, 0.2) is 0 Å². The Labute approximate surface area is 135 Å². The van der Waals surface area contributed by atoms with Gasteiger partial charge in [-0.3, -0.25) is 19.3 Å². The largest absolute Gasteiger partial charge is 0.317 e. The average molecular weight is 325 g/mol. The van der Waals surface area contributed by atoms with E-state index in [1.54, 1.807) is 29.6 Å². The molecule has 114 valence electrons. The fourth-order valence-electron chi connectivity index (χ4n) is 2.44. The average Bonchev–Trinajstić information content (AvgIpc) is 3.01. The van der Waals surface area contributed by atoms with Gasteiger partial charge >= 0.3 is 0 Å². The summed E-state index contributed by atoms with van der Waals surface area (Å²) in [6, 6.07) is 8.64. The SMILES string of the molecule is CC(=O)Nc1scc(CN2C(=O)c3ccccc3C2=O)c1C#N. The molecule has 0 aliphatic carbocycles. The molecule has 1 N–H and O–H groups in total. The second-order valence-electron chi connectivity index (χ2n) is 5.00. The standard InChI is InChI=1S/C16H11N3O3S/c1-9(20)18-14-13(6-17)10(8-23-14)7-19-15(21)11-4-2-3-5-12(11)16(19)22/h2-5,8H,7H2,1H3,(H,18,20). The van der Waals surface area contributed by atoms with Crippen LogP contribution < -0.4 is 5.32 Å². The molecule has 0 fully saturated rings. The van der Waals surface area contributed by atoms with Crippen LogP contribution in [-0.2, 0) is 11.3 Å². The lowest BCUT2D eigenvalue weighted by Gasteiger charge is -2.13. The molecule has 0 bridgehead atoms. The number of thiophene rings is 1. The minimum atomic E-state index is -0.373. The molecule has 0 atom stereocenters. The van der Waals surface area contributed by atoms with Crippen LogP contribution in [-0.4, -0.2) is 22.6 Å². The van der Waals surface area contributed by atoms with Gasteiger partial charge < -0.3 is 5.32 Å². The molecule has 0 unspecified atom stereocenters. The maximum absolute atomic E-state index is 12.4. The molecule has 1 aromatic carbocycles. The molecule has 0 radical (unpaired) electrons. The van der Waals surface area contributed by atoms with Crippen LogP contribution in [0.3, 0.4) is 0 Å². The van der Waals surface area contributed by atoms with Gasteiger partial charge in [0.05, 0.1) is 23.2 Å². The Balaban J connectivity index is 1.91. The number of carbonyl (C=O) groups excluding carboxylic acids is 3. The summed E-state index contributed by atoms with van der Waals surface area (Å²) in [5.41, 5.74) is 1.55. The Hall–Kier alpha value is -2.98. The van der Waals surface area contributed by atoms with E-state index in [-0.39, 0.29) is 29.8 Å². The van der Waals surface area contributed by atoms with Gasteiger partial charge in [-0.25, -0.2) is 0 Å². The normalized spacial score (nSPS) is 13.0. The summed E-state index contributed by atoms with van der Waals surface area (Å²) in [5, 5.41) is 14.0. The Bertz CT molecular complexity index is 844. The third-order valence-corrected chi connectivity index (χ3v) is 4.42. The number of imide groups is 1. The smallest absolute Gasteiger partial charge is 0.261 e. The number of carbonyl (C=O) groups is 3. The molecule has 0 saturated carbocycles. The van der Waals surface area contributed by atoms with Crippen LogP contribution in [0, 0.1) is 11.3 Å². The molecular formula is C16H11N3O3S. The van der Waals surface area contributed by atoms with Crippen molar-refractivity contribution in [1.82, 2.24) is 4.90 Å². The van der Waals surface area contributed by atoms with Gasteiger partial charge in [0, 0.05) is 12.5 Å². The van der Waals surface area contributed by atoms with E-state index in [1.807, 2.05) is 6.07 Å². The van der Waals surface area contributed by atoms with Crippen molar-refractivity contribution in [3.05, 3.63) is 51.9 Å². The monoisotopic (exact) mass is 325 g/mol. The van der Waals surface area contributed by atoms with Crippen molar-refractivity contribution >= 4 is 34.1 Å². The number of nitriles is 1. The lowest BCUT2D eigenvalue weighted by molar-refractivity contribution is -0.114. The number of amides is 3. The Morgan fingerprint density at radius 1 is 1.26 bits per heavy atom. The fraction of sp³-hybridized carbons (Fsp3) is 0.125. The third kappa shape index (κ3) is 2.49. The van der Waals surface area contributed by atoms with Gasteiger partial charge in [0.25, 0.3) is 11.8 Å². The zero-order chi connectivity index (χ0) is 16.6. The van der Waals surface area contributed by atoms with Crippen molar-refractivity contribution in [3.8, 4) is 6.07 Å². The number of fused-ring (bicyclic) bond motifs is 1. The van der Waals surface area contributed by atoms with E-state index in [2.05, 4.69) is 5.32 Å². The zero-order valence-electron chi connectivity index (χ0n) is 12.1. The maximum atomic E-state index is 12.4. The summed E-state index contributed by atoms with van der Waals surface area (Å²) < 4.78 is 0. The van der Waals surface area contributed by atoms with Gasteiger partial charge in [-0.05, 0) is 17.5 Å². The molecule has 23 heavy (non-hydrogen) atoms. The fourth-order valence-corrected chi connectivity index (χ4v) is 3.39. The molecule has 3 amide bonds. The predicted octanol–water partition coefficient (Wildman–Crippen LogP) is 2.37. The van der Waals surface area contributed by atoms with E-state index in [0.29, 0.717) is 21.7 Å². The second kappa shape index (κ2) is 5.66. The number of hydrogen-bond acceptors (Lipinski definition) is 5. The first-order valence-electron chi connectivity index (χ1n) is 6.76. The molecule has 1 aliphatic rings. The highest BCUT2D eigenvalue weighted by Gasteiger charge is 2.35. The lowest BCUT2D eigenvalue weighted by atomic mass is 10.1. The molecule has 6 nitrogen and oxygen atoms in total. The Morgan fingerprint density at radius 3 is 2.39 bits per heavy atom. The van der Waals surface area contributed by atoms with Crippen molar-refractivity contribution < 1.29 is 14.4 Å². The first-order valence-corrected chi connectivity index (χ1v) is 7.64. The summed E-state index contributed by atoms with van der Waals surface area (Å²) in [4.78, 5) is 37.0. The first-order chi connectivity index (χ1) is 11.0. The van der Waals surface area contributed by atoms with Crippen LogP contribution in [0.25, 0.3) is 0 Å². The molecule has 2 heterocycles. The minimum absolute atomic E-state index is 0.00528. The molecule has 0 saturated heterocycles. The lowest BCUT2D eigenvalue weighted by Crippen LogP contribution is -2.29. The zero-order valence-corrected chi connectivity index (χ0v) is 12.9. The van der Waals surface area contributed by atoms with Crippen LogP contribution in [0.15, 0.2) is 29.6 Å². The van der Waals surface area contributed by atoms with Gasteiger partial charge in [0.2, 0.25) is 5.91 Å². The van der Waals surface area contributed by atoms with Crippen molar-refractivity contribution in [2.45, 2.75) is 13.5 Å². The maximum Gasteiger partial charge on any atom is 0.261 e. The highest BCUT2D eigenvalue weighted by molar-refractivity contribution is 7.14. The van der Waals surface area contributed by atoms with Gasteiger partial charge in [0.1, 0.15) is 11.1 Å².